The summed E-state index contributed by atoms with van der Waals surface area (Å²) in [6.07, 6.45) is 5.09. The fraction of sp³-hybridized carbons (Fsp3) is 0.538. The number of hydrogen-bond acceptors (Lipinski definition) is 1. The minimum atomic E-state index is 0.394. The minimum Gasteiger partial charge on any atom is -0.330 e. The van der Waals surface area contributed by atoms with Crippen molar-refractivity contribution in [1.29, 1.82) is 0 Å². The highest BCUT2D eigenvalue weighted by atomic mass is 79.9. The summed E-state index contributed by atoms with van der Waals surface area (Å²) in [6.45, 7) is 2.93. The average molecular weight is 268 g/mol. The van der Waals surface area contributed by atoms with Crippen LogP contribution in [0.2, 0.25) is 0 Å². The normalized spacial score (nSPS) is 18.6. The largest absolute Gasteiger partial charge is 0.330 e. The van der Waals surface area contributed by atoms with Crippen LogP contribution in [0.4, 0.5) is 0 Å². The number of halogens is 1. The molecule has 1 fully saturated rings. The summed E-state index contributed by atoms with van der Waals surface area (Å²) in [4.78, 5) is 0. The number of benzene rings is 1. The molecular formula is C13H18BrN. The maximum absolute atomic E-state index is 5.72. The van der Waals surface area contributed by atoms with Crippen LogP contribution in [0.1, 0.15) is 36.8 Å². The molecule has 2 N–H and O–H groups in total. The van der Waals surface area contributed by atoms with Gasteiger partial charge in [0.2, 0.25) is 0 Å². The van der Waals surface area contributed by atoms with Gasteiger partial charge in [-0.15, -0.1) is 0 Å². The lowest BCUT2D eigenvalue weighted by molar-refractivity contribution is 0.229. The molecule has 0 spiro atoms. The first-order valence-electron chi connectivity index (χ1n) is 5.65. The van der Waals surface area contributed by atoms with Crippen LogP contribution in [-0.2, 0) is 5.41 Å². The molecule has 82 valence electrons. The van der Waals surface area contributed by atoms with Crippen molar-refractivity contribution in [3.8, 4) is 0 Å². The van der Waals surface area contributed by atoms with Crippen molar-refractivity contribution in [2.24, 2.45) is 5.73 Å². The van der Waals surface area contributed by atoms with E-state index >= 15 is 0 Å². The van der Waals surface area contributed by atoms with Crippen LogP contribution in [0.3, 0.4) is 0 Å². The van der Waals surface area contributed by atoms with Gasteiger partial charge in [-0.25, -0.2) is 0 Å². The molecule has 0 aromatic heterocycles. The third kappa shape index (κ3) is 1.98. The zero-order chi connectivity index (χ0) is 10.9. The SMILES string of the molecule is Cc1ccc(C2(CCN)CCC2)cc1Br. The van der Waals surface area contributed by atoms with Crippen LogP contribution < -0.4 is 5.73 Å². The van der Waals surface area contributed by atoms with Gasteiger partial charge >= 0.3 is 0 Å². The van der Waals surface area contributed by atoms with E-state index < -0.39 is 0 Å². The van der Waals surface area contributed by atoms with Crippen molar-refractivity contribution in [2.75, 3.05) is 6.54 Å². The number of hydrogen-bond donors (Lipinski definition) is 1. The van der Waals surface area contributed by atoms with Crippen molar-refractivity contribution < 1.29 is 0 Å². The summed E-state index contributed by atoms with van der Waals surface area (Å²) in [5, 5.41) is 0. The van der Waals surface area contributed by atoms with Crippen LogP contribution in [0.15, 0.2) is 22.7 Å². The fourth-order valence-corrected chi connectivity index (χ4v) is 2.86. The lowest BCUT2D eigenvalue weighted by atomic mass is 9.62. The second-order valence-electron chi connectivity index (χ2n) is 4.64. The highest BCUT2D eigenvalue weighted by Crippen LogP contribution is 2.46. The predicted molar refractivity (Wildman–Crippen MR) is 68.1 cm³/mol. The van der Waals surface area contributed by atoms with E-state index in [2.05, 4.69) is 41.1 Å². The summed E-state index contributed by atoms with van der Waals surface area (Å²) in [5.41, 5.74) is 8.89. The van der Waals surface area contributed by atoms with Gasteiger partial charge in [-0.2, -0.15) is 0 Å². The molecule has 1 saturated carbocycles. The molecule has 0 saturated heterocycles. The molecule has 0 heterocycles. The maximum Gasteiger partial charge on any atom is 0.0207 e. The number of rotatable bonds is 3. The molecule has 0 atom stereocenters. The second kappa shape index (κ2) is 4.26. The lowest BCUT2D eigenvalue weighted by Crippen LogP contribution is -2.36. The molecule has 2 heteroatoms. The van der Waals surface area contributed by atoms with Gasteiger partial charge in [0.15, 0.2) is 0 Å². The van der Waals surface area contributed by atoms with Gasteiger partial charge in [0.25, 0.3) is 0 Å². The average Bonchev–Trinajstić information content (AvgIpc) is 2.16. The molecule has 0 radical (unpaired) electrons. The van der Waals surface area contributed by atoms with E-state index in [1.54, 1.807) is 0 Å². The van der Waals surface area contributed by atoms with Gasteiger partial charge in [0.05, 0.1) is 0 Å². The Labute approximate surface area is 100 Å². The number of aryl methyl sites for hydroxylation is 1. The molecule has 1 aromatic carbocycles. The molecule has 1 aliphatic rings. The highest BCUT2D eigenvalue weighted by molar-refractivity contribution is 9.10. The summed E-state index contributed by atoms with van der Waals surface area (Å²) >= 11 is 3.61. The standard InChI is InChI=1S/C13H18BrN/c1-10-3-4-11(9-12(10)14)13(7-8-15)5-2-6-13/h3-4,9H,2,5-8,15H2,1H3. The van der Waals surface area contributed by atoms with Gasteiger partial charge in [0.1, 0.15) is 0 Å². The molecule has 1 aliphatic carbocycles. The van der Waals surface area contributed by atoms with Crippen molar-refractivity contribution in [2.45, 2.75) is 38.0 Å². The maximum atomic E-state index is 5.72. The quantitative estimate of drug-likeness (QED) is 0.891. The van der Waals surface area contributed by atoms with Crippen molar-refractivity contribution in [3.05, 3.63) is 33.8 Å². The van der Waals surface area contributed by atoms with Gasteiger partial charge in [0, 0.05) is 4.47 Å². The summed E-state index contributed by atoms with van der Waals surface area (Å²) < 4.78 is 1.23. The Hall–Kier alpha value is -0.340. The molecule has 1 nitrogen and oxygen atoms in total. The summed E-state index contributed by atoms with van der Waals surface area (Å²) in [5.74, 6) is 0. The molecule has 0 amide bonds. The van der Waals surface area contributed by atoms with Crippen molar-refractivity contribution in [3.63, 3.8) is 0 Å². The Morgan fingerprint density at radius 1 is 1.40 bits per heavy atom. The lowest BCUT2D eigenvalue weighted by Gasteiger charge is -2.42. The number of nitrogens with two attached hydrogens (primary N) is 1. The Kier molecular flexibility index (Phi) is 3.17. The van der Waals surface area contributed by atoms with E-state index in [4.69, 9.17) is 5.73 Å². The van der Waals surface area contributed by atoms with E-state index in [-0.39, 0.29) is 0 Å². The Balaban J connectivity index is 2.30. The van der Waals surface area contributed by atoms with Gasteiger partial charge in [-0.05, 0) is 55.3 Å². The highest BCUT2D eigenvalue weighted by Gasteiger charge is 2.37. The summed E-state index contributed by atoms with van der Waals surface area (Å²) in [6, 6.07) is 6.76. The van der Waals surface area contributed by atoms with Crippen LogP contribution >= 0.6 is 15.9 Å². The topological polar surface area (TPSA) is 26.0 Å². The Bertz CT molecular complexity index is 356. The van der Waals surface area contributed by atoms with E-state index in [1.165, 1.54) is 34.9 Å². The smallest absolute Gasteiger partial charge is 0.0207 e. The first-order valence-corrected chi connectivity index (χ1v) is 6.44. The van der Waals surface area contributed by atoms with Gasteiger partial charge in [-0.3, -0.25) is 0 Å². The van der Waals surface area contributed by atoms with Gasteiger partial charge < -0.3 is 5.73 Å². The summed E-state index contributed by atoms with van der Waals surface area (Å²) in [7, 11) is 0. The zero-order valence-corrected chi connectivity index (χ0v) is 10.8. The van der Waals surface area contributed by atoms with Crippen LogP contribution in [0, 0.1) is 6.92 Å². The Morgan fingerprint density at radius 2 is 2.13 bits per heavy atom. The van der Waals surface area contributed by atoms with E-state index in [0.29, 0.717) is 5.41 Å². The minimum absolute atomic E-state index is 0.394. The van der Waals surface area contributed by atoms with E-state index in [1.807, 2.05) is 0 Å². The van der Waals surface area contributed by atoms with E-state index in [9.17, 15) is 0 Å². The first kappa shape index (κ1) is 11.2. The van der Waals surface area contributed by atoms with Crippen LogP contribution in [0.5, 0.6) is 0 Å². The van der Waals surface area contributed by atoms with Crippen molar-refractivity contribution in [1.82, 2.24) is 0 Å². The molecule has 0 aliphatic heterocycles. The molecule has 0 unspecified atom stereocenters. The third-order valence-electron chi connectivity index (χ3n) is 3.72. The zero-order valence-electron chi connectivity index (χ0n) is 9.22. The first-order chi connectivity index (χ1) is 7.18. The molecule has 1 aromatic rings. The van der Waals surface area contributed by atoms with Crippen LogP contribution in [0.25, 0.3) is 0 Å². The van der Waals surface area contributed by atoms with Gasteiger partial charge in [-0.1, -0.05) is 34.5 Å². The monoisotopic (exact) mass is 267 g/mol. The third-order valence-corrected chi connectivity index (χ3v) is 4.57. The predicted octanol–water partition coefficient (Wildman–Crippen LogP) is 3.53. The fourth-order valence-electron chi connectivity index (χ4n) is 2.49. The molecule has 2 rings (SSSR count). The van der Waals surface area contributed by atoms with Crippen molar-refractivity contribution >= 4 is 15.9 Å². The van der Waals surface area contributed by atoms with Crippen LogP contribution in [-0.4, -0.2) is 6.54 Å². The molecular weight excluding hydrogens is 250 g/mol. The molecule has 15 heavy (non-hydrogen) atoms. The molecule has 0 bridgehead atoms. The Morgan fingerprint density at radius 3 is 2.60 bits per heavy atom. The second-order valence-corrected chi connectivity index (χ2v) is 5.49. The van der Waals surface area contributed by atoms with E-state index in [0.717, 1.165) is 13.0 Å².